The molecule has 0 radical (unpaired) electrons. The van der Waals surface area contributed by atoms with Gasteiger partial charge in [0.05, 0.1) is 17.0 Å². The molecule has 28 heavy (non-hydrogen) atoms. The Hall–Kier alpha value is -2.45. The maximum absolute atomic E-state index is 14.2. The molecule has 2 aromatic carbocycles. The van der Waals surface area contributed by atoms with Crippen molar-refractivity contribution in [2.24, 2.45) is 0 Å². The Labute approximate surface area is 164 Å². The number of fused-ring (bicyclic) bond motifs is 1. The van der Waals surface area contributed by atoms with Crippen LogP contribution in [-0.4, -0.2) is 44.4 Å². The molecule has 1 heterocycles. The third-order valence-electron chi connectivity index (χ3n) is 4.73. The van der Waals surface area contributed by atoms with E-state index in [-0.39, 0.29) is 36.2 Å². The molecule has 8 heteroatoms. The number of nitrogens with zero attached hydrogens (tertiary/aromatic N) is 1. The van der Waals surface area contributed by atoms with E-state index in [1.807, 2.05) is 24.3 Å². The lowest BCUT2D eigenvalue weighted by atomic mass is 10.1. The molecule has 0 fully saturated rings. The number of halogens is 1. The van der Waals surface area contributed by atoms with E-state index in [0.29, 0.717) is 6.42 Å². The smallest absolute Gasteiger partial charge is 0.254 e. The highest BCUT2D eigenvalue weighted by Crippen LogP contribution is 2.27. The summed E-state index contributed by atoms with van der Waals surface area (Å²) in [5, 5.41) is 2.64. The molecule has 2 aromatic rings. The topological polar surface area (TPSA) is 75.7 Å². The summed E-state index contributed by atoms with van der Waals surface area (Å²) < 4.78 is 46.4. The zero-order valence-electron chi connectivity index (χ0n) is 15.8. The van der Waals surface area contributed by atoms with Crippen LogP contribution in [0.25, 0.3) is 0 Å². The van der Waals surface area contributed by atoms with Gasteiger partial charge in [0.1, 0.15) is 17.7 Å². The zero-order valence-corrected chi connectivity index (χ0v) is 16.6. The zero-order chi connectivity index (χ0) is 20.3. The number of para-hydroxylation sites is 1. The van der Waals surface area contributed by atoms with Gasteiger partial charge in [0.25, 0.3) is 5.91 Å². The molecule has 1 N–H and O–H groups in total. The Morgan fingerprint density at radius 1 is 1.21 bits per heavy atom. The molecule has 150 valence electrons. The predicted octanol–water partition coefficient (Wildman–Crippen LogP) is 2.59. The molecule has 0 bridgehead atoms. The SMILES string of the molecule is CCN(CC)S(=O)(=O)c1ccc(F)c(C(=O)NCC2Cc3ccccc3O2)c1. The van der Waals surface area contributed by atoms with Crippen LogP contribution in [0.3, 0.4) is 0 Å². The van der Waals surface area contributed by atoms with Crippen LogP contribution in [-0.2, 0) is 16.4 Å². The van der Waals surface area contributed by atoms with Gasteiger partial charge in [0.15, 0.2) is 0 Å². The van der Waals surface area contributed by atoms with E-state index in [9.17, 15) is 17.6 Å². The molecule has 1 aliphatic heterocycles. The van der Waals surface area contributed by atoms with Crippen molar-refractivity contribution in [3.63, 3.8) is 0 Å². The van der Waals surface area contributed by atoms with E-state index >= 15 is 0 Å². The van der Waals surface area contributed by atoms with Gasteiger partial charge in [0, 0.05) is 19.5 Å². The highest BCUT2D eigenvalue weighted by Gasteiger charge is 2.26. The Morgan fingerprint density at radius 2 is 1.93 bits per heavy atom. The van der Waals surface area contributed by atoms with Crippen LogP contribution in [0, 0.1) is 5.82 Å². The van der Waals surface area contributed by atoms with Crippen molar-refractivity contribution in [1.82, 2.24) is 9.62 Å². The van der Waals surface area contributed by atoms with Crippen LogP contribution in [0.1, 0.15) is 29.8 Å². The molecular formula is C20H23FN2O4S. The Morgan fingerprint density at radius 3 is 2.61 bits per heavy atom. The molecule has 0 saturated carbocycles. The van der Waals surface area contributed by atoms with Gasteiger partial charge in [-0.05, 0) is 29.8 Å². The number of rotatable bonds is 7. The van der Waals surface area contributed by atoms with E-state index < -0.39 is 21.7 Å². The fourth-order valence-corrected chi connectivity index (χ4v) is 4.71. The number of hydrogen-bond acceptors (Lipinski definition) is 4. The van der Waals surface area contributed by atoms with Gasteiger partial charge in [-0.3, -0.25) is 4.79 Å². The van der Waals surface area contributed by atoms with Gasteiger partial charge in [0.2, 0.25) is 10.0 Å². The van der Waals surface area contributed by atoms with Gasteiger partial charge in [-0.15, -0.1) is 0 Å². The van der Waals surface area contributed by atoms with E-state index in [2.05, 4.69) is 5.32 Å². The van der Waals surface area contributed by atoms with E-state index in [4.69, 9.17) is 4.74 Å². The Bertz CT molecular complexity index is 949. The minimum Gasteiger partial charge on any atom is -0.488 e. The average Bonchev–Trinajstić information content (AvgIpc) is 3.10. The lowest BCUT2D eigenvalue weighted by Crippen LogP contribution is -2.35. The summed E-state index contributed by atoms with van der Waals surface area (Å²) in [5.41, 5.74) is 0.754. The van der Waals surface area contributed by atoms with Crippen LogP contribution >= 0.6 is 0 Å². The van der Waals surface area contributed by atoms with Crippen LogP contribution in [0.2, 0.25) is 0 Å². The van der Waals surface area contributed by atoms with Gasteiger partial charge < -0.3 is 10.1 Å². The molecule has 0 saturated heterocycles. The molecule has 1 aliphatic rings. The van der Waals surface area contributed by atoms with Crippen molar-refractivity contribution >= 4 is 15.9 Å². The fraction of sp³-hybridized carbons (Fsp3) is 0.350. The molecular weight excluding hydrogens is 383 g/mol. The third-order valence-corrected chi connectivity index (χ3v) is 6.78. The quantitative estimate of drug-likeness (QED) is 0.767. The highest BCUT2D eigenvalue weighted by molar-refractivity contribution is 7.89. The maximum atomic E-state index is 14.2. The van der Waals surface area contributed by atoms with Crippen molar-refractivity contribution < 1.29 is 22.3 Å². The molecule has 1 amide bonds. The van der Waals surface area contributed by atoms with Crippen molar-refractivity contribution in [2.45, 2.75) is 31.3 Å². The van der Waals surface area contributed by atoms with E-state index in [1.54, 1.807) is 13.8 Å². The number of carbonyl (C=O) groups is 1. The number of amides is 1. The molecule has 0 spiro atoms. The Balaban J connectivity index is 1.72. The maximum Gasteiger partial charge on any atom is 0.254 e. The van der Waals surface area contributed by atoms with E-state index in [0.717, 1.165) is 23.4 Å². The summed E-state index contributed by atoms with van der Waals surface area (Å²) in [7, 11) is -3.78. The normalized spacial score (nSPS) is 15.9. The molecule has 1 unspecified atom stereocenters. The summed E-state index contributed by atoms with van der Waals surface area (Å²) in [5.74, 6) is -0.666. The first-order valence-corrected chi connectivity index (χ1v) is 10.6. The second kappa shape index (κ2) is 8.28. The fourth-order valence-electron chi connectivity index (χ4n) is 3.22. The molecule has 0 aromatic heterocycles. The summed E-state index contributed by atoms with van der Waals surface area (Å²) in [6.07, 6.45) is 0.405. The van der Waals surface area contributed by atoms with Crippen molar-refractivity contribution in [2.75, 3.05) is 19.6 Å². The van der Waals surface area contributed by atoms with Crippen LogP contribution < -0.4 is 10.1 Å². The minimum atomic E-state index is -3.78. The van der Waals surface area contributed by atoms with Crippen molar-refractivity contribution in [1.29, 1.82) is 0 Å². The monoisotopic (exact) mass is 406 g/mol. The van der Waals surface area contributed by atoms with Crippen molar-refractivity contribution in [3.8, 4) is 5.75 Å². The minimum absolute atomic E-state index is 0.104. The lowest BCUT2D eigenvalue weighted by Gasteiger charge is -2.19. The second-order valence-corrected chi connectivity index (χ2v) is 8.43. The molecule has 0 aliphatic carbocycles. The van der Waals surface area contributed by atoms with E-state index in [1.165, 1.54) is 10.4 Å². The van der Waals surface area contributed by atoms with Crippen molar-refractivity contribution in [3.05, 3.63) is 59.4 Å². The number of nitrogens with one attached hydrogen (secondary N) is 1. The van der Waals surface area contributed by atoms with Crippen LogP contribution in [0.5, 0.6) is 5.75 Å². The summed E-state index contributed by atoms with van der Waals surface area (Å²) >= 11 is 0. The van der Waals surface area contributed by atoms with Gasteiger partial charge in [-0.1, -0.05) is 32.0 Å². The number of benzene rings is 2. The number of hydrogen-bond donors (Lipinski definition) is 1. The number of sulfonamides is 1. The average molecular weight is 406 g/mol. The highest BCUT2D eigenvalue weighted by atomic mass is 32.2. The lowest BCUT2D eigenvalue weighted by molar-refractivity contribution is 0.0929. The largest absolute Gasteiger partial charge is 0.488 e. The molecule has 6 nitrogen and oxygen atoms in total. The first kappa shape index (κ1) is 20.3. The summed E-state index contributed by atoms with van der Waals surface area (Å²) in [6.45, 7) is 4.21. The first-order valence-electron chi connectivity index (χ1n) is 9.19. The second-order valence-electron chi connectivity index (χ2n) is 6.49. The molecule has 3 rings (SSSR count). The van der Waals surface area contributed by atoms with Crippen LogP contribution in [0.4, 0.5) is 4.39 Å². The first-order chi connectivity index (χ1) is 13.4. The van der Waals surface area contributed by atoms with Crippen LogP contribution in [0.15, 0.2) is 47.4 Å². The van der Waals surface area contributed by atoms with Gasteiger partial charge >= 0.3 is 0 Å². The van der Waals surface area contributed by atoms with Gasteiger partial charge in [-0.25, -0.2) is 12.8 Å². The standard InChI is InChI=1S/C20H23FN2O4S/c1-3-23(4-2)28(25,26)16-9-10-18(21)17(12-16)20(24)22-13-15-11-14-7-5-6-8-19(14)27-15/h5-10,12,15H,3-4,11,13H2,1-2H3,(H,22,24). The summed E-state index contributed by atoms with van der Waals surface area (Å²) in [4.78, 5) is 12.4. The predicted molar refractivity (Wildman–Crippen MR) is 103 cm³/mol. The Kier molecular flexibility index (Phi) is 6.00. The number of ether oxygens (including phenoxy) is 1. The third kappa shape index (κ3) is 4.02. The molecule has 1 atom stereocenters. The number of carbonyl (C=O) groups excluding carboxylic acids is 1. The summed E-state index contributed by atoms with van der Waals surface area (Å²) in [6, 6.07) is 10.9. The van der Waals surface area contributed by atoms with Gasteiger partial charge in [-0.2, -0.15) is 4.31 Å².